The number of carbonyl (C=O) groups excluding carboxylic acids is 1. The van der Waals surface area contributed by atoms with E-state index in [2.05, 4.69) is 42.0 Å². The summed E-state index contributed by atoms with van der Waals surface area (Å²) in [5.41, 5.74) is 0. The highest BCUT2D eigenvalue weighted by atomic mass is 16.5. The zero-order valence-corrected chi connectivity index (χ0v) is 16.0. The quantitative estimate of drug-likeness (QED) is 0.180. The van der Waals surface area contributed by atoms with E-state index in [4.69, 9.17) is 0 Å². The van der Waals surface area contributed by atoms with Crippen molar-refractivity contribution in [1.29, 1.82) is 0 Å². The molecular formula is C22H36O3. The molecule has 0 aromatic carbocycles. The van der Waals surface area contributed by atoms with E-state index >= 15 is 0 Å². The molecule has 1 atom stereocenters. The van der Waals surface area contributed by atoms with Crippen LogP contribution in [0.2, 0.25) is 0 Å². The molecule has 0 amide bonds. The Morgan fingerprint density at radius 1 is 0.960 bits per heavy atom. The largest absolute Gasteiger partial charge is 0.469 e. The minimum absolute atomic E-state index is 0.228. The molecule has 0 radical (unpaired) electrons. The highest BCUT2D eigenvalue weighted by Crippen LogP contribution is 2.04. The summed E-state index contributed by atoms with van der Waals surface area (Å²) in [4.78, 5) is 10.9. The molecule has 0 heterocycles. The van der Waals surface area contributed by atoms with Crippen LogP contribution < -0.4 is 0 Å². The van der Waals surface area contributed by atoms with Crippen molar-refractivity contribution in [3.8, 4) is 0 Å². The summed E-state index contributed by atoms with van der Waals surface area (Å²) in [6.45, 7) is 2.24. The van der Waals surface area contributed by atoms with Crippen molar-refractivity contribution in [3.63, 3.8) is 0 Å². The van der Waals surface area contributed by atoms with E-state index in [1.54, 1.807) is 6.08 Å². The van der Waals surface area contributed by atoms with Crippen LogP contribution in [-0.2, 0) is 9.53 Å². The molecule has 1 unspecified atom stereocenters. The minimum Gasteiger partial charge on any atom is -0.469 e. The molecule has 0 aliphatic heterocycles. The fraction of sp³-hybridized carbons (Fsp3) is 0.591. The van der Waals surface area contributed by atoms with Gasteiger partial charge in [0.25, 0.3) is 0 Å². The molecule has 3 heteroatoms. The zero-order chi connectivity index (χ0) is 18.6. The van der Waals surface area contributed by atoms with Crippen molar-refractivity contribution in [2.75, 3.05) is 7.11 Å². The molecule has 0 aromatic rings. The van der Waals surface area contributed by atoms with Crippen LogP contribution in [0.5, 0.6) is 0 Å². The maximum Gasteiger partial charge on any atom is 0.305 e. The van der Waals surface area contributed by atoms with Gasteiger partial charge in [-0.1, -0.05) is 74.8 Å². The molecule has 0 aromatic heterocycles. The lowest BCUT2D eigenvalue weighted by atomic mass is 10.1. The summed E-state index contributed by atoms with van der Waals surface area (Å²) in [7, 11) is 1.38. The van der Waals surface area contributed by atoms with Gasteiger partial charge in [-0.25, -0.2) is 0 Å². The van der Waals surface area contributed by atoms with E-state index in [9.17, 15) is 9.90 Å². The minimum atomic E-state index is -0.507. The maximum atomic E-state index is 10.9. The number of hydrogen-bond acceptors (Lipinski definition) is 3. The van der Waals surface area contributed by atoms with Crippen LogP contribution in [0.1, 0.15) is 71.1 Å². The number of carbonyl (C=O) groups is 1. The monoisotopic (exact) mass is 348 g/mol. The molecule has 0 aliphatic carbocycles. The number of hydrogen-bond donors (Lipinski definition) is 1. The highest BCUT2D eigenvalue weighted by Gasteiger charge is 2.02. The molecule has 3 nitrogen and oxygen atoms in total. The van der Waals surface area contributed by atoms with Crippen LogP contribution in [0.25, 0.3) is 0 Å². The standard InChI is InChI=1S/C22H36O3/c1-3-4-5-6-7-8-9-10-11-12-13-14-15-16-18-21(23)19-17-20-22(24)25-2/h8-9,11-12,14-16,18,21,23H,3-7,10,13,17,19-20H2,1-2H3. The van der Waals surface area contributed by atoms with Gasteiger partial charge in [-0.2, -0.15) is 0 Å². The first kappa shape index (κ1) is 23.4. The molecular weight excluding hydrogens is 312 g/mol. The zero-order valence-electron chi connectivity index (χ0n) is 16.0. The normalized spacial score (nSPS) is 13.6. The fourth-order valence-corrected chi connectivity index (χ4v) is 2.26. The van der Waals surface area contributed by atoms with Gasteiger partial charge in [0.1, 0.15) is 0 Å². The lowest BCUT2D eigenvalue weighted by molar-refractivity contribution is -0.140. The van der Waals surface area contributed by atoms with Crippen LogP contribution in [-0.4, -0.2) is 24.3 Å². The first-order valence-corrected chi connectivity index (χ1v) is 9.58. The molecule has 25 heavy (non-hydrogen) atoms. The SMILES string of the molecule is CCCCCCC=CCC=CCC=CC=CC(O)CCCC(=O)OC. The number of aliphatic hydroxyl groups excluding tert-OH is 1. The predicted octanol–water partition coefficient (Wildman–Crippen LogP) is 5.67. The van der Waals surface area contributed by atoms with Gasteiger partial charge in [-0.05, 0) is 38.5 Å². The van der Waals surface area contributed by atoms with E-state index in [0.717, 1.165) is 12.8 Å². The third kappa shape index (κ3) is 18.6. The molecule has 0 fully saturated rings. The Labute approximate surface area is 154 Å². The average molecular weight is 349 g/mol. The average Bonchev–Trinajstić information content (AvgIpc) is 2.61. The summed E-state index contributed by atoms with van der Waals surface area (Å²) in [5, 5.41) is 9.73. The predicted molar refractivity (Wildman–Crippen MR) is 106 cm³/mol. The Kier molecular flexibility index (Phi) is 17.5. The van der Waals surface area contributed by atoms with Crippen molar-refractivity contribution in [2.45, 2.75) is 77.2 Å². The van der Waals surface area contributed by atoms with Gasteiger partial charge in [-0.3, -0.25) is 4.79 Å². The van der Waals surface area contributed by atoms with E-state index in [0.29, 0.717) is 19.3 Å². The number of aliphatic hydroxyl groups is 1. The third-order valence-electron chi connectivity index (χ3n) is 3.79. The van der Waals surface area contributed by atoms with Crippen molar-refractivity contribution in [1.82, 2.24) is 0 Å². The van der Waals surface area contributed by atoms with E-state index < -0.39 is 6.10 Å². The first-order valence-electron chi connectivity index (χ1n) is 9.58. The number of methoxy groups -OCH3 is 1. The van der Waals surface area contributed by atoms with Crippen LogP contribution >= 0.6 is 0 Å². The van der Waals surface area contributed by atoms with Gasteiger partial charge in [-0.15, -0.1) is 0 Å². The lowest BCUT2D eigenvalue weighted by Gasteiger charge is -2.03. The topological polar surface area (TPSA) is 46.5 Å². The summed E-state index contributed by atoms with van der Waals surface area (Å²) >= 11 is 0. The first-order chi connectivity index (χ1) is 12.2. The van der Waals surface area contributed by atoms with Crippen molar-refractivity contribution in [2.24, 2.45) is 0 Å². The Hall–Kier alpha value is -1.61. The van der Waals surface area contributed by atoms with Crippen molar-refractivity contribution in [3.05, 3.63) is 48.6 Å². The number of unbranched alkanes of at least 4 members (excludes halogenated alkanes) is 4. The Balaban J connectivity index is 3.60. The summed E-state index contributed by atoms with van der Waals surface area (Å²) in [5.74, 6) is -0.228. The van der Waals surface area contributed by atoms with E-state index in [1.807, 2.05) is 12.2 Å². The second-order valence-electron chi connectivity index (χ2n) is 6.11. The second kappa shape index (κ2) is 18.7. The molecule has 0 spiro atoms. The lowest BCUT2D eigenvalue weighted by Crippen LogP contribution is -2.05. The van der Waals surface area contributed by atoms with Crippen molar-refractivity contribution < 1.29 is 14.6 Å². The van der Waals surface area contributed by atoms with Gasteiger partial charge in [0.05, 0.1) is 13.2 Å². The van der Waals surface area contributed by atoms with E-state index in [-0.39, 0.29) is 5.97 Å². The molecule has 0 saturated heterocycles. The number of rotatable bonds is 15. The van der Waals surface area contributed by atoms with Crippen molar-refractivity contribution >= 4 is 5.97 Å². The molecule has 1 N–H and O–H groups in total. The molecule has 0 bridgehead atoms. The maximum absolute atomic E-state index is 10.9. The third-order valence-corrected chi connectivity index (χ3v) is 3.79. The van der Waals surface area contributed by atoms with Gasteiger partial charge in [0.15, 0.2) is 0 Å². The summed E-state index contributed by atoms with van der Waals surface area (Å²) in [6, 6.07) is 0. The molecule has 0 saturated carbocycles. The second-order valence-corrected chi connectivity index (χ2v) is 6.11. The molecule has 142 valence electrons. The van der Waals surface area contributed by atoms with Gasteiger partial charge >= 0.3 is 5.97 Å². The Morgan fingerprint density at radius 3 is 2.40 bits per heavy atom. The Bertz CT molecular complexity index is 419. The van der Waals surface area contributed by atoms with Crippen LogP contribution in [0, 0.1) is 0 Å². The van der Waals surface area contributed by atoms with Crippen LogP contribution in [0.3, 0.4) is 0 Å². The number of ether oxygens (including phenoxy) is 1. The summed E-state index contributed by atoms with van der Waals surface area (Å²) in [6.07, 6.45) is 25.9. The smallest absolute Gasteiger partial charge is 0.305 e. The Morgan fingerprint density at radius 2 is 1.68 bits per heavy atom. The fourth-order valence-electron chi connectivity index (χ4n) is 2.26. The number of allylic oxidation sites excluding steroid dienone is 7. The van der Waals surface area contributed by atoms with E-state index in [1.165, 1.54) is 39.2 Å². The van der Waals surface area contributed by atoms with Gasteiger partial charge < -0.3 is 9.84 Å². The molecule has 0 rings (SSSR count). The van der Waals surface area contributed by atoms with Crippen LogP contribution in [0.4, 0.5) is 0 Å². The highest BCUT2D eigenvalue weighted by molar-refractivity contribution is 5.68. The summed E-state index contributed by atoms with van der Waals surface area (Å²) < 4.78 is 4.56. The number of esters is 1. The van der Waals surface area contributed by atoms with Gasteiger partial charge in [0.2, 0.25) is 0 Å². The van der Waals surface area contributed by atoms with Gasteiger partial charge in [0, 0.05) is 6.42 Å². The molecule has 0 aliphatic rings. The van der Waals surface area contributed by atoms with Crippen LogP contribution in [0.15, 0.2) is 48.6 Å².